The van der Waals surface area contributed by atoms with Gasteiger partial charge in [-0.25, -0.2) is 4.79 Å². The number of esters is 1. The van der Waals surface area contributed by atoms with Gasteiger partial charge in [-0.15, -0.1) is 0 Å². The molecule has 3 rings (SSSR count). The minimum atomic E-state index is -0.683. The molecule has 0 aliphatic heterocycles. The Kier molecular flexibility index (Phi) is 4.21. The van der Waals surface area contributed by atoms with Gasteiger partial charge < -0.3 is 4.74 Å². The molecule has 1 aromatic heterocycles. The van der Waals surface area contributed by atoms with Crippen molar-refractivity contribution in [3.05, 3.63) is 70.5 Å². The van der Waals surface area contributed by atoms with Crippen LogP contribution in [0.3, 0.4) is 0 Å². The number of hydrogen-bond acceptors (Lipinski definition) is 3. The van der Waals surface area contributed by atoms with E-state index >= 15 is 0 Å². The van der Waals surface area contributed by atoms with Crippen LogP contribution >= 0.6 is 0 Å². The molecule has 0 spiro atoms. The molecule has 122 valence electrons. The summed E-state index contributed by atoms with van der Waals surface area (Å²) in [5.74, 6) is -0.438. The number of ether oxygens (including phenoxy) is 1. The number of rotatable bonds is 3. The molecule has 0 amide bonds. The van der Waals surface area contributed by atoms with E-state index in [2.05, 4.69) is 0 Å². The van der Waals surface area contributed by atoms with Crippen LogP contribution in [0.5, 0.6) is 0 Å². The first kappa shape index (κ1) is 16.0. The summed E-state index contributed by atoms with van der Waals surface area (Å²) >= 11 is 0. The molecule has 0 saturated carbocycles. The summed E-state index contributed by atoms with van der Waals surface area (Å²) in [6.45, 7) is 3.68. The first-order valence-corrected chi connectivity index (χ1v) is 7.82. The molecule has 4 heteroatoms. The summed E-state index contributed by atoms with van der Waals surface area (Å²) in [5, 5.41) is 0.941. The minimum Gasteiger partial charge on any atom is -0.467 e. The fourth-order valence-electron chi connectivity index (χ4n) is 3.00. The molecule has 0 N–H and O–H groups in total. The number of fused-ring (bicyclic) bond motifs is 1. The highest BCUT2D eigenvalue weighted by Crippen LogP contribution is 2.29. The number of nitrogens with zero attached hydrogens (tertiary/aromatic N) is 1. The second kappa shape index (κ2) is 6.32. The van der Waals surface area contributed by atoms with Gasteiger partial charge in [0.1, 0.15) is 6.04 Å². The monoisotopic (exact) mass is 321 g/mol. The molecule has 0 radical (unpaired) electrons. The summed E-state index contributed by atoms with van der Waals surface area (Å²) < 4.78 is 6.30. The second-order valence-corrected chi connectivity index (χ2v) is 5.85. The lowest BCUT2D eigenvalue weighted by Crippen LogP contribution is -2.29. The summed E-state index contributed by atoms with van der Waals surface area (Å²) in [5.41, 5.74) is 3.44. The highest BCUT2D eigenvalue weighted by molar-refractivity contribution is 5.95. The Labute approximate surface area is 140 Å². The number of aromatic nitrogens is 1. The molecule has 24 heavy (non-hydrogen) atoms. The fraction of sp³-hybridized carbons (Fsp3) is 0.200. The van der Waals surface area contributed by atoms with E-state index in [0.717, 1.165) is 27.6 Å². The third-order valence-corrected chi connectivity index (χ3v) is 4.22. The van der Waals surface area contributed by atoms with Gasteiger partial charge in [-0.1, -0.05) is 42.0 Å². The zero-order chi connectivity index (χ0) is 17.3. The molecule has 1 atom stereocenters. The Morgan fingerprint density at radius 1 is 1.08 bits per heavy atom. The average Bonchev–Trinajstić information content (AvgIpc) is 2.60. The van der Waals surface area contributed by atoms with Gasteiger partial charge in [0.05, 0.1) is 12.6 Å². The van der Waals surface area contributed by atoms with E-state index in [4.69, 9.17) is 4.74 Å². The van der Waals surface area contributed by atoms with Gasteiger partial charge in [-0.2, -0.15) is 0 Å². The van der Waals surface area contributed by atoms with Crippen molar-refractivity contribution >= 4 is 16.9 Å². The third-order valence-electron chi connectivity index (χ3n) is 4.22. The Morgan fingerprint density at radius 2 is 1.79 bits per heavy atom. The SMILES string of the molecule is COC(=O)C(C)n1c(=O)cc(-c2ccccc2)c2cc(C)ccc21. The normalized spacial score (nSPS) is 12.1. The van der Waals surface area contributed by atoms with Crippen molar-refractivity contribution in [1.29, 1.82) is 0 Å². The molecule has 0 saturated heterocycles. The third kappa shape index (κ3) is 2.71. The highest BCUT2D eigenvalue weighted by Gasteiger charge is 2.20. The smallest absolute Gasteiger partial charge is 0.328 e. The van der Waals surface area contributed by atoms with Crippen LogP contribution in [0, 0.1) is 6.92 Å². The zero-order valence-corrected chi connectivity index (χ0v) is 13.9. The fourth-order valence-corrected chi connectivity index (χ4v) is 3.00. The highest BCUT2D eigenvalue weighted by atomic mass is 16.5. The van der Waals surface area contributed by atoms with E-state index in [1.54, 1.807) is 13.0 Å². The summed E-state index contributed by atoms with van der Waals surface area (Å²) in [6, 6.07) is 16.6. The maximum absolute atomic E-state index is 12.7. The number of pyridine rings is 1. The van der Waals surface area contributed by atoms with Gasteiger partial charge in [-0.05, 0) is 37.1 Å². The summed E-state index contributed by atoms with van der Waals surface area (Å²) in [6.07, 6.45) is 0. The molecule has 0 aliphatic carbocycles. The molecule has 0 fully saturated rings. The van der Waals surface area contributed by atoms with Gasteiger partial charge in [0, 0.05) is 11.5 Å². The quantitative estimate of drug-likeness (QED) is 0.691. The lowest BCUT2D eigenvalue weighted by molar-refractivity contribution is -0.144. The average molecular weight is 321 g/mol. The Morgan fingerprint density at radius 3 is 2.46 bits per heavy atom. The van der Waals surface area contributed by atoms with Crippen molar-refractivity contribution in [2.75, 3.05) is 7.11 Å². The van der Waals surface area contributed by atoms with Crippen LogP contribution in [-0.4, -0.2) is 17.6 Å². The van der Waals surface area contributed by atoms with Gasteiger partial charge >= 0.3 is 5.97 Å². The van der Waals surface area contributed by atoms with Crippen molar-refractivity contribution in [2.24, 2.45) is 0 Å². The van der Waals surface area contributed by atoms with E-state index < -0.39 is 12.0 Å². The molecule has 1 unspecified atom stereocenters. The maximum atomic E-state index is 12.7. The van der Waals surface area contributed by atoms with Crippen LogP contribution in [0.25, 0.3) is 22.0 Å². The van der Waals surface area contributed by atoms with Crippen LogP contribution in [0.4, 0.5) is 0 Å². The van der Waals surface area contributed by atoms with E-state index in [0.29, 0.717) is 0 Å². The number of carbonyl (C=O) groups is 1. The lowest BCUT2D eigenvalue weighted by atomic mass is 9.99. The van der Waals surface area contributed by atoms with E-state index in [9.17, 15) is 9.59 Å². The Balaban J connectivity index is 2.37. The maximum Gasteiger partial charge on any atom is 0.328 e. The first-order chi connectivity index (χ1) is 11.5. The number of methoxy groups -OCH3 is 1. The predicted octanol–water partition coefficient (Wildman–Crippen LogP) is 3.71. The summed E-state index contributed by atoms with van der Waals surface area (Å²) in [4.78, 5) is 24.7. The summed E-state index contributed by atoms with van der Waals surface area (Å²) in [7, 11) is 1.33. The Bertz CT molecular complexity index is 958. The van der Waals surface area contributed by atoms with Gasteiger partial charge in [0.15, 0.2) is 0 Å². The molecular formula is C20H19NO3. The number of aryl methyl sites for hydroxylation is 1. The molecule has 4 nitrogen and oxygen atoms in total. The number of carbonyl (C=O) groups excluding carboxylic acids is 1. The molecular weight excluding hydrogens is 302 g/mol. The molecule has 0 bridgehead atoms. The van der Waals surface area contributed by atoms with E-state index in [-0.39, 0.29) is 5.56 Å². The van der Waals surface area contributed by atoms with Crippen LogP contribution in [0.1, 0.15) is 18.5 Å². The predicted molar refractivity (Wildman–Crippen MR) is 95.1 cm³/mol. The van der Waals surface area contributed by atoms with Crippen molar-refractivity contribution in [2.45, 2.75) is 19.9 Å². The van der Waals surface area contributed by atoms with Crippen molar-refractivity contribution < 1.29 is 9.53 Å². The number of hydrogen-bond donors (Lipinski definition) is 0. The van der Waals surface area contributed by atoms with Crippen LogP contribution in [-0.2, 0) is 9.53 Å². The second-order valence-electron chi connectivity index (χ2n) is 5.85. The molecule has 0 aliphatic rings. The largest absolute Gasteiger partial charge is 0.467 e. The molecule has 1 heterocycles. The van der Waals surface area contributed by atoms with Gasteiger partial charge in [-0.3, -0.25) is 9.36 Å². The zero-order valence-electron chi connectivity index (χ0n) is 13.9. The lowest BCUT2D eigenvalue weighted by Gasteiger charge is -2.18. The van der Waals surface area contributed by atoms with Crippen molar-refractivity contribution in [3.63, 3.8) is 0 Å². The molecule has 2 aromatic carbocycles. The first-order valence-electron chi connectivity index (χ1n) is 7.82. The van der Waals surface area contributed by atoms with E-state index in [1.165, 1.54) is 11.7 Å². The van der Waals surface area contributed by atoms with Crippen LogP contribution < -0.4 is 5.56 Å². The topological polar surface area (TPSA) is 48.3 Å². The van der Waals surface area contributed by atoms with Crippen molar-refractivity contribution in [1.82, 2.24) is 4.57 Å². The van der Waals surface area contributed by atoms with E-state index in [1.807, 2.05) is 55.5 Å². The Hall–Kier alpha value is -2.88. The van der Waals surface area contributed by atoms with Gasteiger partial charge in [0.2, 0.25) is 0 Å². The van der Waals surface area contributed by atoms with Crippen LogP contribution in [0.15, 0.2) is 59.4 Å². The van der Waals surface area contributed by atoms with Crippen molar-refractivity contribution in [3.8, 4) is 11.1 Å². The minimum absolute atomic E-state index is 0.219. The van der Waals surface area contributed by atoms with Gasteiger partial charge in [0.25, 0.3) is 5.56 Å². The molecule has 3 aromatic rings. The standard InChI is InChI=1S/C20H19NO3/c1-13-9-10-18-17(11-13)16(15-7-5-4-6-8-15)12-19(22)21(18)14(2)20(23)24-3/h4-12,14H,1-3H3. The van der Waals surface area contributed by atoms with Crippen LogP contribution in [0.2, 0.25) is 0 Å². The number of benzene rings is 2.